The van der Waals surface area contributed by atoms with Crippen molar-refractivity contribution in [2.75, 3.05) is 7.05 Å². The highest BCUT2D eigenvalue weighted by Crippen LogP contribution is 2.11. The van der Waals surface area contributed by atoms with Gasteiger partial charge in [0.1, 0.15) is 5.76 Å². The molecule has 2 rings (SSSR count). The first kappa shape index (κ1) is 11.4. The molecule has 0 saturated carbocycles. The van der Waals surface area contributed by atoms with E-state index in [1.807, 2.05) is 24.6 Å². The Labute approximate surface area is 99.4 Å². The van der Waals surface area contributed by atoms with Crippen LogP contribution in [0.2, 0.25) is 0 Å². The Hall–Kier alpha value is -2.04. The molecule has 5 nitrogen and oxygen atoms in total. The van der Waals surface area contributed by atoms with Gasteiger partial charge in [-0.15, -0.1) is 0 Å². The fraction of sp³-hybridized carbons (Fsp3) is 0.333. The summed E-state index contributed by atoms with van der Waals surface area (Å²) in [5, 5.41) is 6.85. The zero-order valence-corrected chi connectivity index (χ0v) is 10.2. The van der Waals surface area contributed by atoms with Crippen molar-refractivity contribution >= 4 is 5.91 Å². The molecule has 2 aromatic rings. The third-order valence-electron chi connectivity index (χ3n) is 2.52. The molecule has 0 atom stereocenters. The van der Waals surface area contributed by atoms with E-state index in [1.54, 1.807) is 19.2 Å². The van der Waals surface area contributed by atoms with Gasteiger partial charge in [-0.25, -0.2) is 0 Å². The quantitative estimate of drug-likeness (QED) is 0.874. The molecule has 0 radical (unpaired) electrons. The Morgan fingerprint density at radius 3 is 2.82 bits per heavy atom. The van der Waals surface area contributed by atoms with Crippen LogP contribution in [0.15, 0.2) is 22.6 Å². The Balaban J connectivity index is 2.17. The summed E-state index contributed by atoms with van der Waals surface area (Å²) in [5.74, 6) is 0.823. The standard InChI is InChI=1S/C12H15N3O2/c1-8-6-9(2)15(14-8)7-10-4-5-11(17-10)12(16)13-3/h4-6H,7H2,1-3H3,(H,13,16). The second-order valence-corrected chi connectivity index (χ2v) is 3.93. The maximum absolute atomic E-state index is 11.3. The minimum absolute atomic E-state index is 0.218. The van der Waals surface area contributed by atoms with Crippen LogP contribution < -0.4 is 5.32 Å². The number of aryl methyl sites for hydroxylation is 2. The molecule has 17 heavy (non-hydrogen) atoms. The summed E-state index contributed by atoms with van der Waals surface area (Å²) in [5.41, 5.74) is 2.04. The minimum atomic E-state index is -0.218. The molecule has 90 valence electrons. The highest BCUT2D eigenvalue weighted by atomic mass is 16.4. The fourth-order valence-electron chi connectivity index (χ4n) is 1.69. The van der Waals surface area contributed by atoms with Gasteiger partial charge in [0.25, 0.3) is 5.91 Å². The number of carbonyl (C=O) groups excluding carboxylic acids is 1. The number of furan rings is 1. The molecular weight excluding hydrogens is 218 g/mol. The van der Waals surface area contributed by atoms with Gasteiger partial charge in [-0.2, -0.15) is 5.10 Å². The molecule has 2 heterocycles. The summed E-state index contributed by atoms with van der Waals surface area (Å²) in [7, 11) is 1.57. The van der Waals surface area contributed by atoms with Gasteiger partial charge in [0, 0.05) is 12.7 Å². The average molecular weight is 233 g/mol. The van der Waals surface area contributed by atoms with E-state index in [0.717, 1.165) is 17.1 Å². The molecule has 0 fully saturated rings. The second kappa shape index (κ2) is 4.45. The van der Waals surface area contributed by atoms with Crippen molar-refractivity contribution in [3.05, 3.63) is 41.1 Å². The lowest BCUT2D eigenvalue weighted by atomic mass is 10.4. The Morgan fingerprint density at radius 1 is 1.47 bits per heavy atom. The van der Waals surface area contributed by atoms with Crippen molar-refractivity contribution in [2.45, 2.75) is 20.4 Å². The summed E-state index contributed by atoms with van der Waals surface area (Å²) in [4.78, 5) is 11.3. The molecule has 5 heteroatoms. The van der Waals surface area contributed by atoms with Crippen LogP contribution in [-0.2, 0) is 6.54 Å². The summed E-state index contributed by atoms with van der Waals surface area (Å²) in [6.07, 6.45) is 0. The molecular formula is C12H15N3O2. The van der Waals surface area contributed by atoms with Crippen LogP contribution in [0, 0.1) is 13.8 Å². The topological polar surface area (TPSA) is 60.1 Å². The largest absolute Gasteiger partial charge is 0.454 e. The molecule has 0 aliphatic carbocycles. The van der Waals surface area contributed by atoms with Gasteiger partial charge in [-0.1, -0.05) is 0 Å². The molecule has 1 N–H and O–H groups in total. The normalized spacial score (nSPS) is 10.5. The zero-order valence-electron chi connectivity index (χ0n) is 10.2. The summed E-state index contributed by atoms with van der Waals surface area (Å²) >= 11 is 0. The molecule has 0 aliphatic heterocycles. The van der Waals surface area contributed by atoms with Crippen LogP contribution in [0.3, 0.4) is 0 Å². The van der Waals surface area contributed by atoms with Crippen LogP contribution in [0.4, 0.5) is 0 Å². The average Bonchev–Trinajstić information content (AvgIpc) is 2.86. The van der Waals surface area contributed by atoms with Gasteiger partial charge >= 0.3 is 0 Å². The molecule has 0 saturated heterocycles. The zero-order chi connectivity index (χ0) is 12.4. The van der Waals surface area contributed by atoms with Gasteiger partial charge in [-0.3, -0.25) is 9.48 Å². The Morgan fingerprint density at radius 2 is 2.24 bits per heavy atom. The summed E-state index contributed by atoms with van der Waals surface area (Å²) < 4.78 is 7.28. The fourth-order valence-corrected chi connectivity index (χ4v) is 1.69. The molecule has 0 spiro atoms. The third-order valence-corrected chi connectivity index (χ3v) is 2.52. The molecule has 0 unspecified atom stereocenters. The molecule has 1 amide bonds. The number of carbonyl (C=O) groups is 1. The lowest BCUT2D eigenvalue weighted by Crippen LogP contribution is -2.16. The first-order chi connectivity index (χ1) is 8.10. The molecule has 0 aromatic carbocycles. The predicted octanol–water partition coefficient (Wildman–Crippen LogP) is 1.50. The van der Waals surface area contributed by atoms with Crippen molar-refractivity contribution < 1.29 is 9.21 Å². The van der Waals surface area contributed by atoms with E-state index in [2.05, 4.69) is 10.4 Å². The third kappa shape index (κ3) is 2.38. The van der Waals surface area contributed by atoms with Gasteiger partial charge in [0.2, 0.25) is 0 Å². The Kier molecular flexibility index (Phi) is 2.99. The lowest BCUT2D eigenvalue weighted by molar-refractivity contribution is 0.0933. The van der Waals surface area contributed by atoms with Crippen LogP contribution in [0.5, 0.6) is 0 Å². The summed E-state index contributed by atoms with van der Waals surface area (Å²) in [6, 6.07) is 5.46. The van der Waals surface area contributed by atoms with Gasteiger partial charge in [0.05, 0.1) is 12.2 Å². The van der Waals surface area contributed by atoms with E-state index in [4.69, 9.17) is 4.42 Å². The first-order valence-electron chi connectivity index (χ1n) is 5.42. The highest BCUT2D eigenvalue weighted by molar-refractivity contribution is 5.91. The number of hydrogen-bond acceptors (Lipinski definition) is 3. The van der Waals surface area contributed by atoms with E-state index in [9.17, 15) is 4.79 Å². The number of nitrogens with zero attached hydrogens (tertiary/aromatic N) is 2. The van der Waals surface area contributed by atoms with Crippen LogP contribution in [0.25, 0.3) is 0 Å². The van der Waals surface area contributed by atoms with Gasteiger partial charge < -0.3 is 9.73 Å². The van der Waals surface area contributed by atoms with E-state index >= 15 is 0 Å². The lowest BCUT2D eigenvalue weighted by Gasteiger charge is -2.01. The van der Waals surface area contributed by atoms with Crippen LogP contribution >= 0.6 is 0 Å². The SMILES string of the molecule is CNC(=O)c1ccc(Cn2nc(C)cc2C)o1. The van der Waals surface area contributed by atoms with Crippen LogP contribution in [0.1, 0.15) is 27.7 Å². The van der Waals surface area contributed by atoms with Crippen molar-refractivity contribution in [1.82, 2.24) is 15.1 Å². The maximum atomic E-state index is 11.3. The number of amides is 1. The number of hydrogen-bond donors (Lipinski definition) is 1. The highest BCUT2D eigenvalue weighted by Gasteiger charge is 2.10. The van der Waals surface area contributed by atoms with Crippen molar-refractivity contribution in [1.29, 1.82) is 0 Å². The second-order valence-electron chi connectivity index (χ2n) is 3.93. The van der Waals surface area contributed by atoms with Gasteiger partial charge in [-0.05, 0) is 32.0 Å². The maximum Gasteiger partial charge on any atom is 0.286 e. The number of nitrogens with one attached hydrogen (secondary N) is 1. The van der Waals surface area contributed by atoms with E-state index < -0.39 is 0 Å². The molecule has 2 aromatic heterocycles. The van der Waals surface area contributed by atoms with Crippen molar-refractivity contribution in [2.24, 2.45) is 0 Å². The molecule has 0 bridgehead atoms. The monoisotopic (exact) mass is 233 g/mol. The predicted molar refractivity (Wildman–Crippen MR) is 62.9 cm³/mol. The first-order valence-corrected chi connectivity index (χ1v) is 5.42. The minimum Gasteiger partial charge on any atom is -0.454 e. The number of rotatable bonds is 3. The van der Waals surface area contributed by atoms with Crippen molar-refractivity contribution in [3.63, 3.8) is 0 Å². The van der Waals surface area contributed by atoms with E-state index in [-0.39, 0.29) is 5.91 Å². The smallest absolute Gasteiger partial charge is 0.286 e. The van der Waals surface area contributed by atoms with Gasteiger partial charge in [0.15, 0.2) is 5.76 Å². The van der Waals surface area contributed by atoms with Crippen molar-refractivity contribution in [3.8, 4) is 0 Å². The van der Waals surface area contributed by atoms with Crippen LogP contribution in [-0.4, -0.2) is 22.7 Å². The van der Waals surface area contributed by atoms with E-state index in [0.29, 0.717) is 12.3 Å². The molecule has 0 aliphatic rings. The Bertz CT molecular complexity index is 540. The van der Waals surface area contributed by atoms with E-state index in [1.165, 1.54) is 0 Å². The summed E-state index contributed by atoms with van der Waals surface area (Å²) in [6.45, 7) is 4.47. The number of aromatic nitrogens is 2.